The van der Waals surface area contributed by atoms with E-state index in [0.29, 0.717) is 5.69 Å². The van der Waals surface area contributed by atoms with Gasteiger partial charge in [-0.3, -0.25) is 15.0 Å². The highest BCUT2D eigenvalue weighted by atomic mass is 16.2. The molecule has 9 nitrogen and oxygen atoms in total. The summed E-state index contributed by atoms with van der Waals surface area (Å²) in [6.07, 6.45) is 2.07. The van der Waals surface area contributed by atoms with Crippen molar-refractivity contribution in [3.63, 3.8) is 0 Å². The summed E-state index contributed by atoms with van der Waals surface area (Å²) in [6, 6.07) is 20.1. The van der Waals surface area contributed by atoms with Crippen LogP contribution in [0.25, 0.3) is 21.8 Å². The molecule has 0 spiro atoms. The van der Waals surface area contributed by atoms with Gasteiger partial charge in [0.2, 0.25) is 5.91 Å². The van der Waals surface area contributed by atoms with Crippen LogP contribution in [-0.2, 0) is 18.9 Å². The lowest BCUT2D eigenvalue weighted by molar-refractivity contribution is -0.115. The number of aliphatic imine (C=N–C) groups is 1. The van der Waals surface area contributed by atoms with Crippen molar-refractivity contribution >= 4 is 45.4 Å². The van der Waals surface area contributed by atoms with Crippen molar-refractivity contribution < 1.29 is 9.59 Å². The second kappa shape index (κ2) is 14.0. The Morgan fingerprint density at radius 1 is 0.886 bits per heavy atom. The second-order valence-corrected chi connectivity index (χ2v) is 7.27. The van der Waals surface area contributed by atoms with Crippen molar-refractivity contribution in [2.24, 2.45) is 30.6 Å². The quantitative estimate of drug-likeness (QED) is 0.243. The number of para-hydroxylation sites is 2. The van der Waals surface area contributed by atoms with Crippen LogP contribution in [0.2, 0.25) is 0 Å². The first-order chi connectivity index (χ1) is 16.6. The Labute approximate surface area is 205 Å². The maximum atomic E-state index is 11.8. The highest BCUT2D eigenvalue weighted by molar-refractivity contribution is 6.06. The van der Waals surface area contributed by atoms with Crippen LogP contribution >= 0.6 is 0 Å². The number of aromatic nitrogens is 2. The van der Waals surface area contributed by atoms with E-state index in [1.165, 1.54) is 17.8 Å². The van der Waals surface area contributed by atoms with Gasteiger partial charge in [-0.2, -0.15) is 4.99 Å². The van der Waals surface area contributed by atoms with E-state index in [1.807, 2.05) is 55.8 Å². The summed E-state index contributed by atoms with van der Waals surface area (Å²) in [5.74, 6) is -0.658. The van der Waals surface area contributed by atoms with Gasteiger partial charge >= 0.3 is 0 Å². The zero-order valence-electron chi connectivity index (χ0n) is 21.2. The number of nitrogens with zero attached hydrogens (tertiary/aromatic N) is 3. The number of benzene rings is 2. The van der Waals surface area contributed by atoms with Gasteiger partial charge in [0, 0.05) is 43.6 Å². The largest absolute Gasteiger partial charge is 0.370 e. The third-order valence-electron chi connectivity index (χ3n) is 4.57. The van der Waals surface area contributed by atoms with Gasteiger partial charge in [-0.1, -0.05) is 50.2 Å². The number of amides is 2. The molecular weight excluding hydrogens is 442 g/mol. The van der Waals surface area contributed by atoms with E-state index < -0.39 is 0 Å². The van der Waals surface area contributed by atoms with E-state index in [1.54, 1.807) is 6.92 Å². The van der Waals surface area contributed by atoms with Gasteiger partial charge in [-0.15, -0.1) is 0 Å². The summed E-state index contributed by atoms with van der Waals surface area (Å²) in [6.45, 7) is 6.82. The fourth-order valence-corrected chi connectivity index (χ4v) is 3.14. The predicted octanol–water partition coefficient (Wildman–Crippen LogP) is 3.92. The Hall–Kier alpha value is -4.40. The summed E-state index contributed by atoms with van der Waals surface area (Å²) in [7, 11) is 3.90. The fourth-order valence-electron chi connectivity index (χ4n) is 3.14. The van der Waals surface area contributed by atoms with Gasteiger partial charge in [0.1, 0.15) is 5.69 Å². The molecule has 2 aromatic carbocycles. The third kappa shape index (κ3) is 8.81. The Kier molecular flexibility index (Phi) is 11.4. The summed E-state index contributed by atoms with van der Waals surface area (Å²) >= 11 is 0. The number of hydrogen-bond donors (Lipinski definition) is 4. The van der Waals surface area contributed by atoms with Crippen molar-refractivity contribution in [1.29, 1.82) is 5.41 Å². The normalized spacial score (nSPS) is 9.43. The molecule has 0 unspecified atom stereocenters. The zero-order chi connectivity index (χ0) is 26.5. The van der Waals surface area contributed by atoms with Crippen LogP contribution in [0, 0.1) is 5.41 Å². The first-order valence-corrected chi connectivity index (χ1v) is 11.1. The van der Waals surface area contributed by atoms with Gasteiger partial charge < -0.3 is 25.9 Å². The minimum atomic E-state index is -0.375. The molecule has 35 heavy (non-hydrogen) atoms. The number of carbonyl (C=O) groups excluding carboxylic acids is 2. The molecule has 186 valence electrons. The maximum Gasteiger partial charge on any atom is 0.273 e. The molecule has 0 saturated carbocycles. The second-order valence-electron chi connectivity index (χ2n) is 7.27. The van der Waals surface area contributed by atoms with Crippen LogP contribution in [0.3, 0.4) is 0 Å². The van der Waals surface area contributed by atoms with Crippen molar-refractivity contribution in [3.8, 4) is 0 Å². The predicted molar refractivity (Wildman–Crippen MR) is 145 cm³/mol. The fraction of sp³-hybridized carbons (Fsp3) is 0.231. The summed E-state index contributed by atoms with van der Waals surface area (Å²) in [4.78, 5) is 24.8. The molecule has 2 amide bonds. The van der Waals surface area contributed by atoms with Crippen LogP contribution in [0.15, 0.2) is 71.9 Å². The van der Waals surface area contributed by atoms with E-state index in [9.17, 15) is 9.59 Å². The van der Waals surface area contributed by atoms with Crippen LogP contribution in [-0.4, -0.2) is 32.7 Å². The van der Waals surface area contributed by atoms with Crippen molar-refractivity contribution in [1.82, 2.24) is 14.5 Å². The first-order valence-electron chi connectivity index (χ1n) is 11.1. The van der Waals surface area contributed by atoms with E-state index in [-0.39, 0.29) is 23.6 Å². The Morgan fingerprint density at radius 2 is 1.43 bits per heavy atom. The highest BCUT2D eigenvalue weighted by Crippen LogP contribution is 2.18. The molecule has 0 aliphatic carbocycles. The van der Waals surface area contributed by atoms with Gasteiger partial charge in [0.25, 0.3) is 5.91 Å². The Bertz CT molecular complexity index is 1310. The molecule has 0 atom stereocenters. The molecule has 0 saturated heterocycles. The van der Waals surface area contributed by atoms with E-state index in [0.717, 1.165) is 10.9 Å². The first kappa shape index (κ1) is 28.6. The van der Waals surface area contributed by atoms with Crippen molar-refractivity contribution in [3.05, 3.63) is 72.6 Å². The molecule has 0 radical (unpaired) electrons. The average Bonchev–Trinajstić information content (AvgIpc) is 3.35. The standard InChI is InChI=1S/C12H13N3O.C9H9N.C3H7N3O.C2H6/c1-8(13)14-12(16)11-7-9-5-3-4-6-10(9)15(11)2;1-10-7-6-8-4-2-3-5-9(8)10;1-2(7)6-3(4)5;1-2/h3-7H,1-2H3,(H2,13,14,16);2-7H,1H3;1H3,(H4,4,5,6,7);1-2H3. The van der Waals surface area contributed by atoms with Gasteiger partial charge in [-0.25, -0.2) is 0 Å². The molecule has 0 aliphatic rings. The molecular formula is C26H35N7O2. The number of rotatable bonds is 1. The number of amidine groups is 1. The molecule has 4 rings (SSSR count). The van der Waals surface area contributed by atoms with Crippen molar-refractivity contribution in [2.75, 3.05) is 0 Å². The van der Waals surface area contributed by atoms with E-state index >= 15 is 0 Å². The van der Waals surface area contributed by atoms with Gasteiger partial charge in [-0.05, 0) is 36.6 Å². The molecule has 4 aromatic rings. The summed E-state index contributed by atoms with van der Waals surface area (Å²) in [5, 5.41) is 12.1. The smallest absolute Gasteiger partial charge is 0.273 e. The highest BCUT2D eigenvalue weighted by Gasteiger charge is 2.12. The summed E-state index contributed by atoms with van der Waals surface area (Å²) < 4.78 is 3.95. The lowest BCUT2D eigenvalue weighted by Gasteiger charge is -2.04. The number of guanidine groups is 1. The third-order valence-corrected chi connectivity index (χ3v) is 4.57. The van der Waals surface area contributed by atoms with Crippen LogP contribution < -0.4 is 16.8 Å². The zero-order valence-corrected chi connectivity index (χ0v) is 21.2. The number of carbonyl (C=O) groups is 2. The molecule has 0 aliphatic heterocycles. The van der Waals surface area contributed by atoms with Crippen LogP contribution in [0.4, 0.5) is 0 Å². The average molecular weight is 478 g/mol. The topological polar surface area (TPSA) is 144 Å². The van der Waals surface area contributed by atoms with Gasteiger partial charge in [0.15, 0.2) is 5.96 Å². The Morgan fingerprint density at radius 3 is 1.89 bits per heavy atom. The van der Waals surface area contributed by atoms with E-state index in [4.69, 9.17) is 16.9 Å². The number of hydrogen-bond acceptors (Lipinski definition) is 3. The molecule has 6 N–H and O–H groups in total. The SMILES string of the molecule is CC.CC(=N)NC(=O)c1cc2ccccc2n1C.CC(=O)N=C(N)N.Cn1ccc2ccccc21. The van der Waals surface area contributed by atoms with Crippen molar-refractivity contribution in [2.45, 2.75) is 27.7 Å². The Balaban J connectivity index is 0.000000276. The molecule has 0 fully saturated rings. The number of aryl methyl sites for hydroxylation is 2. The molecule has 0 bridgehead atoms. The summed E-state index contributed by atoms with van der Waals surface area (Å²) in [5.41, 5.74) is 12.5. The molecule has 2 heterocycles. The van der Waals surface area contributed by atoms with Crippen LogP contribution in [0.1, 0.15) is 38.2 Å². The number of nitrogens with one attached hydrogen (secondary N) is 2. The van der Waals surface area contributed by atoms with E-state index in [2.05, 4.69) is 58.5 Å². The van der Waals surface area contributed by atoms with Crippen LogP contribution in [0.5, 0.6) is 0 Å². The number of nitrogens with two attached hydrogens (primary N) is 2. The monoisotopic (exact) mass is 477 g/mol. The lowest BCUT2D eigenvalue weighted by atomic mass is 10.2. The maximum absolute atomic E-state index is 11.8. The van der Waals surface area contributed by atoms with Gasteiger partial charge in [0.05, 0.1) is 5.84 Å². The lowest BCUT2D eigenvalue weighted by Crippen LogP contribution is -2.28. The molecule has 2 aromatic heterocycles. The molecule has 9 heteroatoms. The number of fused-ring (bicyclic) bond motifs is 2. The minimum Gasteiger partial charge on any atom is -0.370 e. The minimum absolute atomic E-state index is 0.148.